The number of nitrogens with zero attached hydrogens (tertiary/aromatic N) is 2. The monoisotopic (exact) mass is 750 g/mol. The zero-order valence-corrected chi connectivity index (χ0v) is 32.4. The number of hydrogen-bond donors (Lipinski definition) is 0. The minimum absolute atomic E-state index is 0.000636. The largest absolute Gasteiger partial charge is 0.232 e. The van der Waals surface area contributed by atoms with Crippen LogP contribution in [0.2, 0.25) is 0 Å². The smallest absolute Gasteiger partial charge is 0.159 e. The Morgan fingerprint density at radius 2 is 0.814 bits per heavy atom. The molecule has 1 atom stereocenters. The lowest BCUT2D eigenvalue weighted by molar-refractivity contribution is 0.791. The molecule has 3 aliphatic carbocycles. The molecule has 276 valence electrons. The van der Waals surface area contributed by atoms with Gasteiger partial charge in [0.2, 0.25) is 0 Å². The Morgan fingerprint density at radius 1 is 0.356 bits per heavy atom. The molecule has 0 saturated carbocycles. The van der Waals surface area contributed by atoms with Crippen molar-refractivity contribution in [3.63, 3.8) is 0 Å². The maximum atomic E-state index is 5.45. The summed E-state index contributed by atoms with van der Waals surface area (Å²) in [5.41, 5.74) is 22.0. The molecule has 12 rings (SSSR count). The van der Waals surface area contributed by atoms with Crippen molar-refractivity contribution in [2.45, 2.75) is 11.8 Å². The molecule has 2 nitrogen and oxygen atoms in total. The molecule has 2 heteroatoms. The summed E-state index contributed by atoms with van der Waals surface area (Å²) in [6.07, 6.45) is 5.38. The van der Waals surface area contributed by atoms with Crippen LogP contribution in [0.25, 0.3) is 50.1 Å². The second-order valence-electron chi connectivity index (χ2n) is 16.0. The van der Waals surface area contributed by atoms with Gasteiger partial charge in [0.1, 0.15) is 0 Å². The van der Waals surface area contributed by atoms with E-state index in [1.54, 1.807) is 0 Å². The summed E-state index contributed by atoms with van der Waals surface area (Å²) in [7, 11) is 0. The fourth-order valence-electron chi connectivity index (χ4n) is 10.3. The fraction of sp³-hybridized carbons (Fsp3) is 0.0526. The topological polar surface area (TPSA) is 24.7 Å². The van der Waals surface area contributed by atoms with E-state index >= 15 is 0 Å². The average Bonchev–Trinajstić information content (AvgIpc) is 3.79. The van der Waals surface area contributed by atoms with E-state index in [0.29, 0.717) is 0 Å². The third-order valence-corrected chi connectivity index (χ3v) is 12.9. The maximum absolute atomic E-state index is 5.45. The van der Waals surface area contributed by atoms with Crippen molar-refractivity contribution in [3.05, 3.63) is 257 Å². The number of amidine groups is 1. The number of benzene rings is 8. The van der Waals surface area contributed by atoms with E-state index in [1.165, 1.54) is 77.9 Å². The van der Waals surface area contributed by atoms with Crippen molar-refractivity contribution < 1.29 is 0 Å². The Bertz CT molecular complexity index is 3050. The zero-order chi connectivity index (χ0) is 38.9. The van der Waals surface area contributed by atoms with E-state index in [1.807, 2.05) is 0 Å². The van der Waals surface area contributed by atoms with Crippen molar-refractivity contribution in [2.24, 2.45) is 15.9 Å². The van der Waals surface area contributed by atoms with Crippen LogP contribution >= 0.6 is 0 Å². The highest BCUT2D eigenvalue weighted by molar-refractivity contribution is 6.17. The van der Waals surface area contributed by atoms with Gasteiger partial charge in [-0.1, -0.05) is 206 Å². The van der Waals surface area contributed by atoms with Gasteiger partial charge in [-0.25, -0.2) is 9.98 Å². The summed E-state index contributed by atoms with van der Waals surface area (Å²) in [5.74, 6) is 0.750. The third-order valence-electron chi connectivity index (χ3n) is 12.9. The van der Waals surface area contributed by atoms with Gasteiger partial charge in [-0.3, -0.25) is 0 Å². The Morgan fingerprint density at radius 3 is 1.42 bits per heavy atom. The van der Waals surface area contributed by atoms with Gasteiger partial charge in [-0.2, -0.15) is 0 Å². The van der Waals surface area contributed by atoms with Crippen LogP contribution in [0, 0.1) is 5.92 Å². The molecule has 1 aliphatic heterocycles. The van der Waals surface area contributed by atoms with Crippen molar-refractivity contribution in [2.75, 3.05) is 0 Å². The average molecular weight is 751 g/mol. The van der Waals surface area contributed by atoms with Gasteiger partial charge in [0.05, 0.1) is 16.8 Å². The first-order valence-corrected chi connectivity index (χ1v) is 20.6. The first-order valence-electron chi connectivity index (χ1n) is 20.6. The highest BCUT2D eigenvalue weighted by atomic mass is 15.0. The molecule has 59 heavy (non-hydrogen) atoms. The summed E-state index contributed by atoms with van der Waals surface area (Å²) in [5, 5.41) is 0. The normalized spacial score (nSPS) is 16.4. The quantitative estimate of drug-likeness (QED) is 0.167. The maximum Gasteiger partial charge on any atom is 0.159 e. The van der Waals surface area contributed by atoms with Gasteiger partial charge in [-0.05, 0) is 96.0 Å². The number of fused-ring (bicyclic) bond motifs is 11. The van der Waals surface area contributed by atoms with Gasteiger partial charge in [-0.15, -0.1) is 0 Å². The van der Waals surface area contributed by atoms with E-state index in [0.717, 1.165) is 34.8 Å². The van der Waals surface area contributed by atoms with E-state index in [-0.39, 0.29) is 11.3 Å². The highest BCUT2D eigenvalue weighted by Gasteiger charge is 2.52. The van der Waals surface area contributed by atoms with Crippen molar-refractivity contribution in [1.82, 2.24) is 0 Å². The minimum Gasteiger partial charge on any atom is -0.232 e. The summed E-state index contributed by atoms with van der Waals surface area (Å²) >= 11 is 0. The molecule has 0 radical (unpaired) electrons. The van der Waals surface area contributed by atoms with E-state index in [2.05, 4.69) is 212 Å². The minimum atomic E-state index is -0.376. The first-order chi connectivity index (χ1) is 29.3. The van der Waals surface area contributed by atoms with Crippen LogP contribution in [0.1, 0.15) is 45.4 Å². The second-order valence-corrected chi connectivity index (χ2v) is 16.0. The standard InChI is InChI=1S/C57H38N2/c1-3-14-37(15-4-1)39-26-30-41(31-27-39)55-48-36-43(34-35-53(48)58-56(59-55)42-32-28-40(29-33-42)38-16-5-2-6-17-38)44-21-13-25-52-54(44)47-20-9-12-24-51(47)57(52)49-22-10-7-18-45(49)46-19-8-11-23-50(46)57/h1-35,48H,36H2. The van der Waals surface area contributed by atoms with Gasteiger partial charge in [0.25, 0.3) is 0 Å². The lowest BCUT2D eigenvalue weighted by Gasteiger charge is -2.31. The lowest BCUT2D eigenvalue weighted by atomic mass is 9.70. The molecule has 0 bridgehead atoms. The Balaban J connectivity index is 0.998. The van der Waals surface area contributed by atoms with Crippen molar-refractivity contribution >= 4 is 17.1 Å². The summed E-state index contributed by atoms with van der Waals surface area (Å²) in [4.78, 5) is 10.8. The SMILES string of the molecule is C1=C(c2cccc3c2-c2ccccc2C32c3ccccc3-c3ccccc32)CC2C(=C1)N=C(c1ccc(-c3ccccc3)cc1)N=C2c1ccc(-c2ccccc2)cc1. The summed E-state index contributed by atoms with van der Waals surface area (Å²) < 4.78 is 0. The van der Waals surface area contributed by atoms with Gasteiger partial charge in [0.15, 0.2) is 5.84 Å². The van der Waals surface area contributed by atoms with Crippen LogP contribution in [0.15, 0.2) is 228 Å². The molecule has 1 spiro atoms. The van der Waals surface area contributed by atoms with Crippen LogP contribution in [-0.4, -0.2) is 11.5 Å². The van der Waals surface area contributed by atoms with Crippen LogP contribution in [-0.2, 0) is 5.41 Å². The van der Waals surface area contributed by atoms with Crippen LogP contribution in [0.5, 0.6) is 0 Å². The van der Waals surface area contributed by atoms with Gasteiger partial charge < -0.3 is 0 Å². The Labute approximate surface area is 345 Å². The third kappa shape index (κ3) is 5.13. The van der Waals surface area contributed by atoms with Gasteiger partial charge >= 0.3 is 0 Å². The molecule has 0 fully saturated rings. The summed E-state index contributed by atoms with van der Waals surface area (Å²) in [6, 6.07) is 72.9. The predicted molar refractivity (Wildman–Crippen MR) is 244 cm³/mol. The molecule has 0 aromatic heterocycles. The van der Waals surface area contributed by atoms with E-state index < -0.39 is 0 Å². The molecule has 0 amide bonds. The van der Waals surface area contributed by atoms with Crippen molar-refractivity contribution in [1.29, 1.82) is 0 Å². The molecule has 4 aliphatic rings. The number of aliphatic imine (C=N–C) groups is 2. The van der Waals surface area contributed by atoms with Gasteiger partial charge in [0, 0.05) is 11.5 Å². The molecular formula is C57H38N2. The molecular weight excluding hydrogens is 713 g/mol. The van der Waals surface area contributed by atoms with Crippen LogP contribution in [0.4, 0.5) is 0 Å². The first kappa shape index (κ1) is 33.7. The number of allylic oxidation sites excluding steroid dienone is 4. The molecule has 0 saturated heterocycles. The molecule has 8 aromatic carbocycles. The molecule has 8 aromatic rings. The summed E-state index contributed by atoms with van der Waals surface area (Å²) in [6.45, 7) is 0. The zero-order valence-electron chi connectivity index (χ0n) is 32.4. The second kappa shape index (κ2) is 13.3. The van der Waals surface area contributed by atoms with E-state index in [4.69, 9.17) is 9.98 Å². The number of hydrogen-bond acceptors (Lipinski definition) is 2. The highest BCUT2D eigenvalue weighted by Crippen LogP contribution is 2.63. The Kier molecular flexibility index (Phi) is 7.61. The molecule has 0 N–H and O–H groups in total. The fourth-order valence-corrected chi connectivity index (χ4v) is 10.3. The molecule has 1 heterocycles. The van der Waals surface area contributed by atoms with Crippen LogP contribution < -0.4 is 0 Å². The number of rotatable bonds is 5. The van der Waals surface area contributed by atoms with E-state index in [9.17, 15) is 0 Å². The van der Waals surface area contributed by atoms with Crippen molar-refractivity contribution in [3.8, 4) is 44.5 Å². The lowest BCUT2D eigenvalue weighted by Crippen LogP contribution is -2.26. The van der Waals surface area contributed by atoms with Crippen LogP contribution in [0.3, 0.4) is 0 Å². The molecule has 1 unspecified atom stereocenters. The Hall–Kier alpha value is -7.42. The predicted octanol–water partition coefficient (Wildman–Crippen LogP) is 13.6.